The van der Waals surface area contributed by atoms with E-state index in [1.165, 1.54) is 10.7 Å². The lowest BCUT2D eigenvalue weighted by atomic mass is 9.76. The van der Waals surface area contributed by atoms with Crippen molar-refractivity contribution in [1.82, 2.24) is 18.9 Å². The normalized spacial score (nSPS) is 26.0. The molecule has 2 saturated heterocycles. The Morgan fingerprint density at radius 3 is 2.30 bits per heavy atom. The van der Waals surface area contributed by atoms with Crippen LogP contribution in [0.25, 0.3) is 10.9 Å². The molecule has 4 aliphatic rings. The molecule has 0 unspecified atom stereocenters. The Labute approximate surface area is 292 Å². The van der Waals surface area contributed by atoms with E-state index in [4.69, 9.17) is 10.5 Å². The second-order valence-corrected chi connectivity index (χ2v) is 16.1. The maximum absolute atomic E-state index is 14.2. The standard InChI is InChI=1S/C35H49FN6O7S/c36-21-30(49-35(37)46)23-9-11-24(12-10-23)34(45)42-18-15-27(22-7-3-1-4-8-22)31(42)33(44)38-26-13-14-28-25(19-26)20-29(39-28)32(43)40-50(47,48)41-16-5-2-6-17-41/h13-14,19-20,22-24,27,30-31,39H,1-12,15-18,21H2,(H2,37,46)(H,38,44)(H,40,43)/t23-,24-,27-,30+,31-/m0/s1. The highest BCUT2D eigenvalue weighted by molar-refractivity contribution is 7.87. The Morgan fingerprint density at radius 1 is 0.920 bits per heavy atom. The summed E-state index contributed by atoms with van der Waals surface area (Å²) in [4.78, 5) is 57.1. The summed E-state index contributed by atoms with van der Waals surface area (Å²) in [5, 5.41) is 3.67. The molecule has 2 aromatic rings. The highest BCUT2D eigenvalue weighted by Gasteiger charge is 2.47. The molecule has 15 heteroatoms. The molecule has 2 aliphatic heterocycles. The molecule has 3 atom stereocenters. The topological polar surface area (TPSA) is 184 Å². The van der Waals surface area contributed by atoms with Crippen molar-refractivity contribution in [2.24, 2.45) is 29.4 Å². The number of likely N-dealkylation sites (tertiary alicyclic amines) is 1. The van der Waals surface area contributed by atoms with Gasteiger partial charge >= 0.3 is 16.3 Å². The summed E-state index contributed by atoms with van der Waals surface area (Å²) in [6.07, 6.45) is 8.80. The maximum Gasteiger partial charge on any atom is 0.404 e. The number of carbonyl (C=O) groups is 4. The number of benzene rings is 1. The lowest BCUT2D eigenvalue weighted by Crippen LogP contribution is -2.50. The number of aromatic nitrogens is 1. The third-order valence-electron chi connectivity index (χ3n) is 11.3. The smallest absolute Gasteiger partial charge is 0.404 e. The second kappa shape index (κ2) is 15.7. The third kappa shape index (κ3) is 8.09. The minimum Gasteiger partial charge on any atom is -0.443 e. The average molecular weight is 717 g/mol. The zero-order chi connectivity index (χ0) is 35.4. The van der Waals surface area contributed by atoms with E-state index in [-0.39, 0.29) is 35.3 Å². The first-order chi connectivity index (χ1) is 24.0. The molecule has 4 amide bonds. The van der Waals surface area contributed by atoms with Gasteiger partial charge in [0.2, 0.25) is 11.8 Å². The first-order valence-corrected chi connectivity index (χ1v) is 19.6. The Balaban J connectivity index is 1.15. The van der Waals surface area contributed by atoms with E-state index in [1.807, 2.05) is 0 Å². The van der Waals surface area contributed by atoms with E-state index in [9.17, 15) is 32.0 Å². The molecule has 1 aromatic heterocycles. The number of nitrogens with zero attached hydrogens (tertiary/aromatic N) is 2. The van der Waals surface area contributed by atoms with Gasteiger partial charge < -0.3 is 25.7 Å². The minimum absolute atomic E-state index is 0.0311. The largest absolute Gasteiger partial charge is 0.443 e. The lowest BCUT2D eigenvalue weighted by Gasteiger charge is -2.37. The highest BCUT2D eigenvalue weighted by atomic mass is 32.2. The number of halogens is 1. The summed E-state index contributed by atoms with van der Waals surface area (Å²) >= 11 is 0. The third-order valence-corrected chi connectivity index (χ3v) is 12.8. The van der Waals surface area contributed by atoms with Gasteiger partial charge in [-0.15, -0.1) is 0 Å². The first-order valence-electron chi connectivity index (χ1n) is 18.1. The quantitative estimate of drug-likeness (QED) is 0.277. The molecule has 13 nitrogen and oxygen atoms in total. The van der Waals surface area contributed by atoms with Crippen LogP contribution in [0.15, 0.2) is 24.3 Å². The van der Waals surface area contributed by atoms with Crippen LogP contribution in [0.4, 0.5) is 14.9 Å². The van der Waals surface area contributed by atoms with Gasteiger partial charge in [0, 0.05) is 42.1 Å². The summed E-state index contributed by atoms with van der Waals surface area (Å²) in [5.41, 5.74) is 6.32. The number of nitrogens with one attached hydrogen (secondary N) is 3. The average Bonchev–Trinajstić information content (AvgIpc) is 3.76. The van der Waals surface area contributed by atoms with Gasteiger partial charge in [0.15, 0.2) is 0 Å². The maximum atomic E-state index is 14.2. The van der Waals surface area contributed by atoms with Crippen LogP contribution in [0.5, 0.6) is 0 Å². The van der Waals surface area contributed by atoms with Crippen molar-refractivity contribution in [3.63, 3.8) is 0 Å². The Bertz CT molecular complexity index is 1660. The number of ether oxygens (including phenoxy) is 1. The first kappa shape index (κ1) is 36.1. The number of rotatable bonds is 10. The van der Waals surface area contributed by atoms with Crippen LogP contribution in [0.2, 0.25) is 0 Å². The summed E-state index contributed by atoms with van der Waals surface area (Å²) < 4.78 is 47.5. The number of amides is 4. The van der Waals surface area contributed by atoms with Crippen molar-refractivity contribution >= 4 is 50.6 Å². The number of primary amides is 1. The van der Waals surface area contributed by atoms with Crippen LogP contribution >= 0.6 is 0 Å². The Kier molecular flexibility index (Phi) is 11.3. The molecule has 0 bridgehead atoms. The number of H-pyrrole nitrogens is 1. The Hall–Kier alpha value is -3.72. The van der Waals surface area contributed by atoms with E-state index in [0.717, 1.165) is 51.4 Å². The van der Waals surface area contributed by atoms with Gasteiger partial charge in [-0.25, -0.2) is 13.9 Å². The molecule has 50 heavy (non-hydrogen) atoms. The van der Waals surface area contributed by atoms with Gasteiger partial charge in [0.05, 0.1) is 0 Å². The van der Waals surface area contributed by atoms with Crippen LogP contribution in [-0.4, -0.2) is 84.9 Å². The van der Waals surface area contributed by atoms with Crippen molar-refractivity contribution in [2.45, 2.75) is 95.6 Å². The van der Waals surface area contributed by atoms with Crippen molar-refractivity contribution < 1.29 is 36.7 Å². The van der Waals surface area contributed by atoms with Crippen molar-refractivity contribution in [3.8, 4) is 0 Å². The summed E-state index contributed by atoms with van der Waals surface area (Å²) in [6, 6.07) is 6.09. The minimum atomic E-state index is -3.96. The van der Waals surface area contributed by atoms with Crippen LogP contribution in [0, 0.1) is 23.7 Å². The number of nitrogens with two attached hydrogens (primary N) is 1. The van der Waals surface area contributed by atoms with E-state index in [2.05, 4.69) is 15.0 Å². The fourth-order valence-corrected chi connectivity index (χ4v) is 9.93. The van der Waals surface area contributed by atoms with Crippen LogP contribution < -0.4 is 15.8 Å². The number of carbonyl (C=O) groups excluding carboxylic acids is 4. The van der Waals surface area contributed by atoms with Crippen LogP contribution in [0.1, 0.15) is 94.0 Å². The Morgan fingerprint density at radius 2 is 1.62 bits per heavy atom. The number of piperidine rings is 1. The number of fused-ring (bicyclic) bond motifs is 1. The molecule has 2 aliphatic carbocycles. The van der Waals surface area contributed by atoms with Gasteiger partial charge in [-0.05, 0) is 87.0 Å². The predicted octanol–water partition coefficient (Wildman–Crippen LogP) is 4.60. The molecular weight excluding hydrogens is 667 g/mol. The zero-order valence-electron chi connectivity index (χ0n) is 28.4. The molecule has 4 fully saturated rings. The fourth-order valence-electron chi connectivity index (χ4n) is 8.72. The van der Waals surface area contributed by atoms with Gasteiger partial charge in [-0.2, -0.15) is 12.7 Å². The zero-order valence-corrected chi connectivity index (χ0v) is 29.2. The molecule has 3 heterocycles. The van der Waals surface area contributed by atoms with E-state index in [1.54, 1.807) is 29.2 Å². The molecule has 2 saturated carbocycles. The summed E-state index contributed by atoms with van der Waals surface area (Å²) in [5.74, 6) is -1.22. The number of alkyl halides is 1. The SMILES string of the molecule is NC(=O)O[C@H](CF)[C@H]1CC[C@H](C(=O)N2CC[C@@H](C3CCCCC3)[C@H]2C(=O)Nc2ccc3[nH]c(C(=O)NS(=O)(=O)N4CCCCC4)cc3c2)CC1. The van der Waals surface area contributed by atoms with E-state index in [0.29, 0.717) is 67.8 Å². The molecule has 1 aromatic carbocycles. The fraction of sp³-hybridized carbons (Fsp3) is 0.657. The van der Waals surface area contributed by atoms with Crippen LogP contribution in [-0.2, 0) is 24.5 Å². The monoisotopic (exact) mass is 716 g/mol. The molecule has 0 radical (unpaired) electrons. The number of hydrogen-bond acceptors (Lipinski definition) is 7. The number of hydrogen-bond donors (Lipinski definition) is 4. The van der Waals surface area contributed by atoms with Crippen molar-refractivity contribution in [2.75, 3.05) is 31.6 Å². The van der Waals surface area contributed by atoms with E-state index >= 15 is 0 Å². The van der Waals surface area contributed by atoms with Crippen LogP contribution in [0.3, 0.4) is 0 Å². The predicted molar refractivity (Wildman–Crippen MR) is 185 cm³/mol. The molecule has 0 spiro atoms. The van der Waals surface area contributed by atoms with E-state index < -0.39 is 41.0 Å². The van der Waals surface area contributed by atoms with Gasteiger partial charge in [-0.1, -0.05) is 38.5 Å². The van der Waals surface area contributed by atoms with Crippen molar-refractivity contribution in [1.29, 1.82) is 0 Å². The van der Waals surface area contributed by atoms with Gasteiger partial charge in [0.25, 0.3) is 5.91 Å². The molecule has 274 valence electrons. The van der Waals surface area contributed by atoms with Gasteiger partial charge in [-0.3, -0.25) is 14.4 Å². The lowest BCUT2D eigenvalue weighted by molar-refractivity contribution is -0.142. The second-order valence-electron chi connectivity index (χ2n) is 14.4. The summed E-state index contributed by atoms with van der Waals surface area (Å²) in [6.45, 7) is 0.415. The molecule has 6 rings (SSSR count). The molecular formula is C35H49FN6O7S. The van der Waals surface area contributed by atoms with Crippen molar-refractivity contribution in [3.05, 3.63) is 30.0 Å². The number of anilines is 1. The number of aromatic amines is 1. The molecule has 5 N–H and O–H groups in total. The highest BCUT2D eigenvalue weighted by Crippen LogP contribution is 2.41. The van der Waals surface area contributed by atoms with Gasteiger partial charge in [0.1, 0.15) is 24.5 Å². The summed E-state index contributed by atoms with van der Waals surface area (Å²) in [7, 11) is -3.96.